The molecule has 1 atom stereocenters. The zero-order valence-electron chi connectivity index (χ0n) is 15.5. The first kappa shape index (κ1) is 19.3. The van der Waals surface area contributed by atoms with Crippen LogP contribution in [0.25, 0.3) is 0 Å². The molecular formula is C20H16ClFN4O2S. The third-order valence-electron chi connectivity index (χ3n) is 4.73. The van der Waals surface area contributed by atoms with E-state index in [1.165, 1.54) is 18.2 Å². The molecule has 2 aromatic heterocycles. The Kier molecular flexibility index (Phi) is 4.94. The lowest BCUT2D eigenvalue weighted by Gasteiger charge is -2.22. The van der Waals surface area contributed by atoms with Crippen molar-refractivity contribution in [3.8, 4) is 17.7 Å². The summed E-state index contributed by atoms with van der Waals surface area (Å²) in [4.78, 5) is 1.96. The Balaban J connectivity index is 1.67. The predicted molar refractivity (Wildman–Crippen MR) is 107 cm³/mol. The number of nitriles is 1. The van der Waals surface area contributed by atoms with Crippen LogP contribution >= 0.6 is 22.9 Å². The van der Waals surface area contributed by atoms with Crippen molar-refractivity contribution in [2.45, 2.75) is 26.4 Å². The summed E-state index contributed by atoms with van der Waals surface area (Å²) in [6.45, 7) is 4.11. The number of nitrogens with two attached hydrogens (primary N) is 1. The van der Waals surface area contributed by atoms with E-state index in [1.807, 2.05) is 19.9 Å². The van der Waals surface area contributed by atoms with Crippen LogP contribution in [0.15, 0.2) is 35.7 Å². The third-order valence-corrected chi connectivity index (χ3v) is 6.18. The molecule has 0 fully saturated rings. The molecule has 1 aromatic carbocycles. The molecule has 0 radical (unpaired) electrons. The second kappa shape index (κ2) is 7.43. The van der Waals surface area contributed by atoms with Crippen LogP contribution in [-0.4, -0.2) is 10.2 Å². The first-order valence-electron chi connectivity index (χ1n) is 8.68. The maximum Gasteiger partial charge on any atom is 0.244 e. The average Bonchev–Trinajstić information content (AvgIpc) is 3.22. The highest BCUT2D eigenvalue weighted by Crippen LogP contribution is 2.45. The van der Waals surface area contributed by atoms with Gasteiger partial charge in [0.1, 0.15) is 29.8 Å². The molecule has 6 nitrogen and oxygen atoms in total. The predicted octanol–water partition coefficient (Wildman–Crippen LogP) is 4.68. The number of hydrogen-bond acceptors (Lipinski definition) is 6. The van der Waals surface area contributed by atoms with Crippen LogP contribution in [-0.2, 0) is 6.61 Å². The van der Waals surface area contributed by atoms with Gasteiger partial charge in [0, 0.05) is 21.0 Å². The van der Waals surface area contributed by atoms with E-state index in [9.17, 15) is 9.65 Å². The summed E-state index contributed by atoms with van der Waals surface area (Å²) < 4.78 is 24.5. The van der Waals surface area contributed by atoms with Crippen molar-refractivity contribution in [1.82, 2.24) is 10.2 Å². The minimum absolute atomic E-state index is 0.0541. The molecule has 9 heteroatoms. The standard InChI is InChI=1S/C20H16ClFN4O2S/c1-9-17-18(13(7-23)19(24)28-20(17)26-25-9)16-5-11(10(2)29-16)8-27-15-4-3-12(22)6-14(15)21/h3-6,18H,8,24H2,1-2H3,(H,25,26)/t18-/m0/s1. The average molecular weight is 431 g/mol. The Labute approximate surface area is 175 Å². The van der Waals surface area contributed by atoms with E-state index in [2.05, 4.69) is 16.3 Å². The summed E-state index contributed by atoms with van der Waals surface area (Å²) in [6.07, 6.45) is 0. The molecule has 3 heterocycles. The molecule has 3 aromatic rings. The van der Waals surface area contributed by atoms with Crippen LogP contribution < -0.4 is 15.2 Å². The van der Waals surface area contributed by atoms with Gasteiger partial charge < -0.3 is 15.2 Å². The van der Waals surface area contributed by atoms with Crippen molar-refractivity contribution in [1.29, 1.82) is 5.26 Å². The lowest BCUT2D eigenvalue weighted by atomic mass is 9.88. The van der Waals surface area contributed by atoms with Crippen LogP contribution in [0.1, 0.15) is 32.5 Å². The van der Waals surface area contributed by atoms with Crippen molar-refractivity contribution in [3.05, 3.63) is 73.1 Å². The summed E-state index contributed by atoms with van der Waals surface area (Å²) in [7, 11) is 0. The minimum atomic E-state index is -0.421. The number of nitrogens with zero attached hydrogens (tertiary/aromatic N) is 2. The van der Waals surface area contributed by atoms with E-state index < -0.39 is 5.82 Å². The molecule has 148 valence electrons. The highest BCUT2D eigenvalue weighted by atomic mass is 35.5. The molecule has 0 spiro atoms. The topological polar surface area (TPSA) is 97.0 Å². The van der Waals surface area contributed by atoms with E-state index in [4.69, 9.17) is 26.8 Å². The molecule has 29 heavy (non-hydrogen) atoms. The monoisotopic (exact) mass is 430 g/mol. The molecule has 3 N–H and O–H groups in total. The highest BCUT2D eigenvalue weighted by Gasteiger charge is 2.35. The Bertz CT molecular complexity index is 1180. The summed E-state index contributed by atoms with van der Waals surface area (Å²) >= 11 is 7.58. The Morgan fingerprint density at radius 2 is 2.21 bits per heavy atom. The van der Waals surface area contributed by atoms with Crippen LogP contribution in [0.5, 0.6) is 11.6 Å². The first-order valence-corrected chi connectivity index (χ1v) is 9.88. The smallest absolute Gasteiger partial charge is 0.244 e. The highest BCUT2D eigenvalue weighted by molar-refractivity contribution is 7.12. The molecule has 0 aliphatic carbocycles. The summed E-state index contributed by atoms with van der Waals surface area (Å²) in [5, 5.41) is 16.9. The van der Waals surface area contributed by atoms with Gasteiger partial charge in [0.15, 0.2) is 0 Å². The number of hydrogen-bond donors (Lipinski definition) is 2. The Morgan fingerprint density at radius 1 is 1.41 bits per heavy atom. The van der Waals surface area contributed by atoms with Crippen molar-refractivity contribution >= 4 is 22.9 Å². The van der Waals surface area contributed by atoms with Crippen LogP contribution in [0.4, 0.5) is 4.39 Å². The molecule has 1 aliphatic rings. The van der Waals surface area contributed by atoms with Crippen LogP contribution in [0, 0.1) is 31.0 Å². The maximum absolute atomic E-state index is 13.2. The lowest BCUT2D eigenvalue weighted by molar-refractivity contribution is 0.305. The number of nitrogens with one attached hydrogen (secondary N) is 1. The first-order chi connectivity index (χ1) is 13.9. The number of halogens is 2. The van der Waals surface area contributed by atoms with E-state index in [-0.39, 0.29) is 23.4 Å². The van der Waals surface area contributed by atoms with Gasteiger partial charge in [-0.15, -0.1) is 16.4 Å². The van der Waals surface area contributed by atoms with Crippen molar-refractivity contribution < 1.29 is 13.9 Å². The number of aryl methyl sites for hydroxylation is 2. The largest absolute Gasteiger partial charge is 0.487 e. The molecule has 0 bridgehead atoms. The molecule has 1 aliphatic heterocycles. The van der Waals surface area contributed by atoms with Crippen molar-refractivity contribution in [2.75, 3.05) is 0 Å². The molecule has 0 saturated carbocycles. The fraction of sp³-hybridized carbons (Fsp3) is 0.200. The van der Waals surface area contributed by atoms with E-state index in [0.717, 1.165) is 26.6 Å². The summed E-state index contributed by atoms with van der Waals surface area (Å²) in [5.74, 6) is 0.0513. The summed E-state index contributed by atoms with van der Waals surface area (Å²) in [5.41, 5.74) is 8.86. The number of fused-ring (bicyclic) bond motifs is 1. The zero-order valence-corrected chi connectivity index (χ0v) is 17.1. The molecule has 4 rings (SSSR count). The summed E-state index contributed by atoms with van der Waals surface area (Å²) in [6, 6.07) is 8.15. The number of ether oxygens (including phenoxy) is 2. The van der Waals surface area contributed by atoms with Crippen molar-refractivity contribution in [2.24, 2.45) is 5.73 Å². The van der Waals surface area contributed by atoms with E-state index in [0.29, 0.717) is 17.2 Å². The van der Waals surface area contributed by atoms with Gasteiger partial charge in [-0.25, -0.2) is 4.39 Å². The van der Waals surface area contributed by atoms with Crippen LogP contribution in [0.3, 0.4) is 0 Å². The quantitative estimate of drug-likeness (QED) is 0.626. The lowest BCUT2D eigenvalue weighted by Crippen LogP contribution is -2.20. The maximum atomic E-state index is 13.2. The van der Waals surface area contributed by atoms with Gasteiger partial charge in [0.2, 0.25) is 11.8 Å². The molecular weight excluding hydrogens is 415 g/mol. The zero-order chi connectivity index (χ0) is 20.7. The fourth-order valence-electron chi connectivity index (χ4n) is 3.26. The number of benzene rings is 1. The SMILES string of the molecule is Cc1[nH]nc2c1[C@H](c1cc(COc3ccc(F)cc3Cl)c(C)s1)C(C#N)=C(N)O2. The molecule has 0 unspecified atom stereocenters. The normalized spacial score (nSPS) is 15.6. The van der Waals surface area contributed by atoms with Gasteiger partial charge in [-0.1, -0.05) is 11.6 Å². The number of aromatic nitrogens is 2. The molecule has 0 saturated heterocycles. The number of H-pyrrole nitrogens is 1. The van der Waals surface area contributed by atoms with E-state index in [1.54, 1.807) is 11.3 Å². The van der Waals surface area contributed by atoms with Gasteiger partial charge in [-0.2, -0.15) is 5.26 Å². The second-order valence-electron chi connectivity index (χ2n) is 6.59. The van der Waals surface area contributed by atoms with Crippen molar-refractivity contribution in [3.63, 3.8) is 0 Å². The van der Waals surface area contributed by atoms with Gasteiger partial charge >= 0.3 is 0 Å². The molecule has 0 amide bonds. The third kappa shape index (κ3) is 3.43. The van der Waals surface area contributed by atoms with E-state index >= 15 is 0 Å². The Hall–Kier alpha value is -3.02. The van der Waals surface area contributed by atoms with Gasteiger partial charge in [0.25, 0.3) is 0 Å². The fourth-order valence-corrected chi connectivity index (χ4v) is 4.64. The van der Waals surface area contributed by atoms with Gasteiger partial charge in [0.05, 0.1) is 16.5 Å². The van der Waals surface area contributed by atoms with Gasteiger partial charge in [-0.05, 0) is 38.1 Å². The number of aromatic amines is 1. The van der Waals surface area contributed by atoms with Crippen LogP contribution in [0.2, 0.25) is 5.02 Å². The number of allylic oxidation sites excluding steroid dienone is 1. The Morgan fingerprint density at radius 3 is 2.93 bits per heavy atom. The second-order valence-corrected chi connectivity index (χ2v) is 8.28. The number of thiophene rings is 1. The minimum Gasteiger partial charge on any atom is -0.487 e. The van der Waals surface area contributed by atoms with Gasteiger partial charge in [-0.3, -0.25) is 5.10 Å². The number of rotatable bonds is 4.